The van der Waals surface area contributed by atoms with Crippen LogP contribution >= 0.6 is 11.6 Å². The van der Waals surface area contributed by atoms with Gasteiger partial charge in [-0.15, -0.1) is 0 Å². The van der Waals surface area contributed by atoms with Crippen molar-refractivity contribution in [2.45, 2.75) is 45.2 Å². The van der Waals surface area contributed by atoms with Crippen LogP contribution in [0.5, 0.6) is 0 Å². The van der Waals surface area contributed by atoms with Gasteiger partial charge < -0.3 is 5.32 Å². The fraction of sp³-hybridized carbons (Fsp3) is 0.647. The molecule has 3 heteroatoms. The van der Waals surface area contributed by atoms with Crippen LogP contribution in [0.15, 0.2) is 18.2 Å². The average Bonchev–Trinajstić information content (AvgIpc) is 3.26. The second-order valence-electron chi connectivity index (χ2n) is 6.47. The molecule has 1 saturated heterocycles. The summed E-state index contributed by atoms with van der Waals surface area (Å²) >= 11 is 6.40. The molecule has 1 unspecified atom stereocenters. The van der Waals surface area contributed by atoms with E-state index >= 15 is 0 Å². The van der Waals surface area contributed by atoms with Gasteiger partial charge in [0, 0.05) is 24.2 Å². The summed E-state index contributed by atoms with van der Waals surface area (Å²) in [4.78, 5) is 2.66. The van der Waals surface area contributed by atoms with E-state index in [0.29, 0.717) is 0 Å². The highest BCUT2D eigenvalue weighted by Gasteiger charge is 2.31. The molecule has 1 aliphatic carbocycles. The molecular weight excluding hydrogens is 268 g/mol. The zero-order valence-electron chi connectivity index (χ0n) is 12.4. The molecule has 0 amide bonds. The number of aryl methyl sites for hydroxylation is 1. The van der Waals surface area contributed by atoms with E-state index in [4.69, 9.17) is 11.6 Å². The quantitative estimate of drug-likeness (QED) is 0.892. The number of rotatable bonds is 5. The maximum absolute atomic E-state index is 6.40. The fourth-order valence-corrected chi connectivity index (χ4v) is 3.49. The summed E-state index contributed by atoms with van der Waals surface area (Å²) < 4.78 is 0. The summed E-state index contributed by atoms with van der Waals surface area (Å²) in [7, 11) is 0. The largest absolute Gasteiger partial charge is 0.316 e. The van der Waals surface area contributed by atoms with Gasteiger partial charge in [-0.3, -0.25) is 4.90 Å². The van der Waals surface area contributed by atoms with Gasteiger partial charge in [0.2, 0.25) is 0 Å². The van der Waals surface area contributed by atoms with E-state index in [1.54, 1.807) is 0 Å². The van der Waals surface area contributed by atoms with Gasteiger partial charge in [0.15, 0.2) is 0 Å². The van der Waals surface area contributed by atoms with E-state index in [-0.39, 0.29) is 0 Å². The third-order valence-electron chi connectivity index (χ3n) is 4.54. The standard InChI is InChI=1S/C17H25ClN2/c1-13-4-5-15(17(18)9-13)12-20(16-6-7-16)11-14-3-2-8-19-10-14/h4-5,9,14,16,19H,2-3,6-8,10-12H2,1H3. The van der Waals surface area contributed by atoms with E-state index in [9.17, 15) is 0 Å². The lowest BCUT2D eigenvalue weighted by Gasteiger charge is -2.30. The summed E-state index contributed by atoms with van der Waals surface area (Å²) in [5.41, 5.74) is 2.53. The van der Waals surface area contributed by atoms with Crippen molar-refractivity contribution in [1.29, 1.82) is 0 Å². The monoisotopic (exact) mass is 292 g/mol. The topological polar surface area (TPSA) is 15.3 Å². The second-order valence-corrected chi connectivity index (χ2v) is 6.88. The molecule has 0 radical (unpaired) electrons. The number of halogens is 1. The number of nitrogens with zero attached hydrogens (tertiary/aromatic N) is 1. The Kier molecular flexibility index (Phi) is 4.65. The number of piperidine rings is 1. The molecule has 2 nitrogen and oxygen atoms in total. The number of hydrogen-bond donors (Lipinski definition) is 1. The summed E-state index contributed by atoms with van der Waals surface area (Å²) in [6.07, 6.45) is 5.43. The summed E-state index contributed by atoms with van der Waals surface area (Å²) in [6, 6.07) is 7.26. The van der Waals surface area contributed by atoms with Crippen molar-refractivity contribution >= 4 is 11.6 Å². The predicted molar refractivity (Wildman–Crippen MR) is 85.2 cm³/mol. The van der Waals surface area contributed by atoms with Crippen LogP contribution in [0.25, 0.3) is 0 Å². The normalized spacial score (nSPS) is 23.2. The Morgan fingerprint density at radius 3 is 2.80 bits per heavy atom. The smallest absolute Gasteiger partial charge is 0.0453 e. The van der Waals surface area contributed by atoms with Crippen LogP contribution in [0.4, 0.5) is 0 Å². The molecule has 1 heterocycles. The van der Waals surface area contributed by atoms with Crippen molar-refractivity contribution in [3.8, 4) is 0 Å². The highest BCUT2D eigenvalue weighted by atomic mass is 35.5. The van der Waals surface area contributed by atoms with Gasteiger partial charge in [-0.1, -0.05) is 23.7 Å². The molecule has 0 bridgehead atoms. The molecule has 0 aromatic heterocycles. The Morgan fingerprint density at radius 2 is 2.15 bits per heavy atom. The first-order valence-electron chi connectivity index (χ1n) is 7.92. The Labute approximate surface area is 127 Å². The van der Waals surface area contributed by atoms with Gasteiger partial charge in [-0.05, 0) is 68.8 Å². The summed E-state index contributed by atoms with van der Waals surface area (Å²) in [5, 5.41) is 4.46. The molecular formula is C17H25ClN2. The summed E-state index contributed by atoms with van der Waals surface area (Å²) in [6.45, 7) is 6.72. The predicted octanol–water partition coefficient (Wildman–Crippen LogP) is 3.61. The van der Waals surface area contributed by atoms with Crippen molar-refractivity contribution in [2.75, 3.05) is 19.6 Å². The first-order valence-corrected chi connectivity index (χ1v) is 8.30. The minimum absolute atomic E-state index is 0.800. The number of nitrogens with one attached hydrogen (secondary N) is 1. The number of benzene rings is 1. The molecule has 110 valence electrons. The SMILES string of the molecule is Cc1ccc(CN(CC2CCCNC2)C2CC2)c(Cl)c1. The number of hydrogen-bond acceptors (Lipinski definition) is 2. The van der Waals surface area contributed by atoms with Gasteiger partial charge in [0.25, 0.3) is 0 Å². The molecule has 1 saturated carbocycles. The molecule has 2 fully saturated rings. The van der Waals surface area contributed by atoms with E-state index in [2.05, 4.69) is 35.3 Å². The molecule has 1 aromatic rings. The third-order valence-corrected chi connectivity index (χ3v) is 4.89. The lowest BCUT2D eigenvalue weighted by Crippen LogP contribution is -2.39. The Bertz CT molecular complexity index is 450. The Balaban J connectivity index is 1.64. The maximum Gasteiger partial charge on any atom is 0.0453 e. The fourth-order valence-electron chi connectivity index (χ4n) is 3.19. The Hall–Kier alpha value is -0.570. The summed E-state index contributed by atoms with van der Waals surface area (Å²) in [5.74, 6) is 0.813. The second kappa shape index (κ2) is 6.46. The van der Waals surface area contributed by atoms with Crippen molar-refractivity contribution in [1.82, 2.24) is 10.2 Å². The zero-order valence-corrected chi connectivity index (χ0v) is 13.1. The van der Waals surface area contributed by atoms with Crippen LogP contribution in [0.2, 0.25) is 5.02 Å². The average molecular weight is 293 g/mol. The van der Waals surface area contributed by atoms with Gasteiger partial charge in [-0.2, -0.15) is 0 Å². The molecule has 1 aromatic carbocycles. The molecule has 1 atom stereocenters. The lowest BCUT2D eigenvalue weighted by atomic mass is 9.98. The molecule has 3 rings (SSSR count). The molecule has 0 spiro atoms. The highest BCUT2D eigenvalue weighted by molar-refractivity contribution is 6.31. The zero-order chi connectivity index (χ0) is 13.9. The van der Waals surface area contributed by atoms with E-state index < -0.39 is 0 Å². The van der Waals surface area contributed by atoms with Crippen LogP contribution in [0, 0.1) is 12.8 Å². The van der Waals surface area contributed by atoms with Crippen LogP contribution in [0.1, 0.15) is 36.8 Å². The highest BCUT2D eigenvalue weighted by Crippen LogP contribution is 2.31. The van der Waals surface area contributed by atoms with Gasteiger partial charge in [-0.25, -0.2) is 0 Å². The van der Waals surface area contributed by atoms with E-state index in [1.807, 2.05) is 0 Å². The first kappa shape index (κ1) is 14.4. The Morgan fingerprint density at radius 1 is 1.30 bits per heavy atom. The van der Waals surface area contributed by atoms with Crippen molar-refractivity contribution in [2.24, 2.45) is 5.92 Å². The van der Waals surface area contributed by atoms with Crippen molar-refractivity contribution in [3.05, 3.63) is 34.3 Å². The van der Waals surface area contributed by atoms with Gasteiger partial charge >= 0.3 is 0 Å². The van der Waals surface area contributed by atoms with Gasteiger partial charge in [0.05, 0.1) is 0 Å². The maximum atomic E-state index is 6.40. The first-order chi connectivity index (χ1) is 9.72. The van der Waals surface area contributed by atoms with Gasteiger partial charge in [0.1, 0.15) is 0 Å². The van der Waals surface area contributed by atoms with Crippen LogP contribution in [-0.2, 0) is 6.54 Å². The minimum atomic E-state index is 0.800. The molecule has 1 aliphatic heterocycles. The van der Waals surface area contributed by atoms with Crippen molar-refractivity contribution in [3.63, 3.8) is 0 Å². The van der Waals surface area contributed by atoms with Crippen molar-refractivity contribution < 1.29 is 0 Å². The van der Waals surface area contributed by atoms with Crippen LogP contribution in [-0.4, -0.2) is 30.6 Å². The molecule has 1 N–H and O–H groups in total. The van der Waals surface area contributed by atoms with Crippen LogP contribution in [0.3, 0.4) is 0 Å². The van der Waals surface area contributed by atoms with E-state index in [1.165, 1.54) is 56.4 Å². The van der Waals surface area contributed by atoms with E-state index in [0.717, 1.165) is 23.5 Å². The molecule has 2 aliphatic rings. The van der Waals surface area contributed by atoms with Crippen LogP contribution < -0.4 is 5.32 Å². The lowest BCUT2D eigenvalue weighted by molar-refractivity contribution is 0.193. The third kappa shape index (κ3) is 3.75. The molecule has 20 heavy (non-hydrogen) atoms. The minimum Gasteiger partial charge on any atom is -0.316 e.